The number of nitrogens with zero attached hydrogens (tertiary/aromatic N) is 3. The van der Waals surface area contributed by atoms with Gasteiger partial charge in [0.05, 0.1) is 18.4 Å². The number of fused-ring (bicyclic) bond motifs is 2. The highest BCUT2D eigenvalue weighted by Gasteiger charge is 2.34. The zero-order valence-corrected chi connectivity index (χ0v) is 20.3. The molecule has 0 saturated carbocycles. The van der Waals surface area contributed by atoms with E-state index < -0.39 is 0 Å². The van der Waals surface area contributed by atoms with Crippen LogP contribution in [-0.4, -0.2) is 27.6 Å². The highest BCUT2D eigenvalue weighted by Crippen LogP contribution is 2.44. The van der Waals surface area contributed by atoms with Crippen LogP contribution in [0.1, 0.15) is 60.3 Å². The lowest BCUT2D eigenvalue weighted by Crippen LogP contribution is -2.24. The van der Waals surface area contributed by atoms with E-state index in [1.165, 1.54) is 7.11 Å². The minimum absolute atomic E-state index is 0.00365. The largest absolute Gasteiger partial charge is 0.504 e. The molecule has 2 heterocycles. The number of benzene rings is 2. The number of carbonyl (C=O) groups excluding carboxylic acids is 1. The predicted octanol–water partition coefficient (Wildman–Crippen LogP) is 5.96. The molecule has 35 heavy (non-hydrogen) atoms. The SMILES string of the molecule is COc1cc(-c2c3c(nc4c2c(C#N)cn4C(C)(C)C)C[C@H](c2ccccc2)CC3=O)ccc1O. The standard InChI is InChI=1S/C29H27N3O3/c1-29(2,3)32-16-20(15-30)26-25(18-10-11-22(33)24(14-18)35-4)27-21(31-28(26)32)12-19(13-23(27)34)17-8-6-5-7-9-17/h5-11,14,16,19,33H,12-13H2,1-4H3/t19-/m0/s1. The van der Waals surface area contributed by atoms with Gasteiger partial charge in [0.15, 0.2) is 17.3 Å². The Balaban J connectivity index is 1.86. The van der Waals surface area contributed by atoms with E-state index in [9.17, 15) is 15.2 Å². The molecule has 0 unspecified atom stereocenters. The summed E-state index contributed by atoms with van der Waals surface area (Å²) in [5.74, 6) is 0.361. The molecule has 6 heteroatoms. The third kappa shape index (κ3) is 3.74. The van der Waals surface area contributed by atoms with Crippen molar-refractivity contribution in [1.82, 2.24) is 9.55 Å². The number of Topliss-reactive ketones (excluding diaryl/α,β-unsaturated/α-hetero) is 1. The topological polar surface area (TPSA) is 88.1 Å². The highest BCUT2D eigenvalue weighted by molar-refractivity contribution is 6.12. The number of pyridine rings is 1. The van der Waals surface area contributed by atoms with Crippen molar-refractivity contribution >= 4 is 16.8 Å². The van der Waals surface area contributed by atoms with Gasteiger partial charge in [-0.05, 0) is 56.4 Å². The van der Waals surface area contributed by atoms with E-state index in [0.717, 1.165) is 11.3 Å². The van der Waals surface area contributed by atoms with Crippen LogP contribution in [0.4, 0.5) is 0 Å². The minimum Gasteiger partial charge on any atom is -0.504 e. The molecule has 176 valence electrons. The van der Waals surface area contributed by atoms with Crippen LogP contribution < -0.4 is 4.74 Å². The lowest BCUT2D eigenvalue weighted by atomic mass is 9.78. The summed E-state index contributed by atoms with van der Waals surface area (Å²) in [6.45, 7) is 6.20. The van der Waals surface area contributed by atoms with Gasteiger partial charge in [0.1, 0.15) is 11.7 Å². The number of phenols is 1. The summed E-state index contributed by atoms with van der Waals surface area (Å²) >= 11 is 0. The van der Waals surface area contributed by atoms with Gasteiger partial charge in [-0.1, -0.05) is 36.4 Å². The summed E-state index contributed by atoms with van der Waals surface area (Å²) < 4.78 is 7.37. The van der Waals surface area contributed by atoms with Gasteiger partial charge in [0, 0.05) is 34.7 Å². The number of rotatable bonds is 3. The van der Waals surface area contributed by atoms with Gasteiger partial charge in [-0.15, -0.1) is 0 Å². The molecule has 4 aromatic rings. The number of ether oxygens (including phenoxy) is 1. The number of aromatic hydroxyl groups is 1. The minimum atomic E-state index is -0.323. The Morgan fingerprint density at radius 3 is 2.51 bits per heavy atom. The molecule has 0 amide bonds. The molecule has 6 nitrogen and oxygen atoms in total. The lowest BCUT2D eigenvalue weighted by molar-refractivity contribution is 0.0964. The third-order valence-corrected chi connectivity index (χ3v) is 6.74. The van der Waals surface area contributed by atoms with Gasteiger partial charge in [0.25, 0.3) is 0 Å². The molecule has 0 radical (unpaired) electrons. The maximum Gasteiger partial charge on any atom is 0.165 e. The number of nitriles is 1. The maximum absolute atomic E-state index is 13.7. The molecular formula is C29H27N3O3. The normalized spacial score (nSPS) is 15.6. The third-order valence-electron chi connectivity index (χ3n) is 6.74. The van der Waals surface area contributed by atoms with E-state index in [1.807, 2.05) is 29.0 Å². The Kier molecular flexibility index (Phi) is 5.36. The number of ketones is 1. The predicted molar refractivity (Wildman–Crippen MR) is 135 cm³/mol. The second kappa shape index (κ2) is 8.28. The first kappa shape index (κ1) is 22.7. The monoisotopic (exact) mass is 465 g/mol. The summed E-state index contributed by atoms with van der Waals surface area (Å²) in [6.07, 6.45) is 2.82. The Labute approximate surface area is 204 Å². The number of aromatic nitrogens is 2. The molecular weight excluding hydrogens is 438 g/mol. The van der Waals surface area contributed by atoms with E-state index >= 15 is 0 Å². The lowest BCUT2D eigenvalue weighted by Gasteiger charge is -2.27. The molecule has 1 atom stereocenters. The van der Waals surface area contributed by atoms with Crippen LogP contribution in [0.3, 0.4) is 0 Å². The summed E-state index contributed by atoms with van der Waals surface area (Å²) in [7, 11) is 1.49. The zero-order chi connectivity index (χ0) is 24.9. The molecule has 0 spiro atoms. The second-order valence-corrected chi connectivity index (χ2v) is 10.0. The maximum atomic E-state index is 13.7. The molecule has 1 aliphatic carbocycles. The molecule has 0 aliphatic heterocycles. The van der Waals surface area contributed by atoms with Crippen molar-refractivity contribution in [3.63, 3.8) is 0 Å². The fourth-order valence-electron chi connectivity index (χ4n) is 5.06. The number of hydrogen-bond donors (Lipinski definition) is 1. The van der Waals surface area contributed by atoms with E-state index in [4.69, 9.17) is 9.72 Å². The quantitative estimate of drug-likeness (QED) is 0.403. The Hall–Kier alpha value is -4.11. The first-order valence-electron chi connectivity index (χ1n) is 11.7. The molecule has 1 N–H and O–H groups in total. The smallest absolute Gasteiger partial charge is 0.165 e. The molecule has 0 bridgehead atoms. The summed E-state index contributed by atoms with van der Waals surface area (Å²) in [5, 5.41) is 20.9. The van der Waals surface area contributed by atoms with Crippen molar-refractivity contribution in [3.05, 3.63) is 77.1 Å². The Bertz CT molecular complexity index is 1500. The zero-order valence-electron chi connectivity index (χ0n) is 20.3. The van der Waals surface area contributed by atoms with Crippen LogP contribution >= 0.6 is 0 Å². The molecule has 0 fully saturated rings. The van der Waals surface area contributed by atoms with Gasteiger partial charge in [0.2, 0.25) is 0 Å². The average molecular weight is 466 g/mol. The van der Waals surface area contributed by atoms with Crippen molar-refractivity contribution in [3.8, 4) is 28.7 Å². The van der Waals surface area contributed by atoms with Crippen LogP contribution in [0.2, 0.25) is 0 Å². The number of carbonyl (C=O) groups is 1. The Morgan fingerprint density at radius 2 is 1.86 bits per heavy atom. The van der Waals surface area contributed by atoms with Gasteiger partial charge >= 0.3 is 0 Å². The van der Waals surface area contributed by atoms with Gasteiger partial charge in [-0.25, -0.2) is 4.98 Å². The van der Waals surface area contributed by atoms with Crippen molar-refractivity contribution in [2.45, 2.75) is 45.1 Å². The highest BCUT2D eigenvalue weighted by atomic mass is 16.5. The summed E-state index contributed by atoms with van der Waals surface area (Å²) in [5.41, 5.74) is 4.61. The van der Waals surface area contributed by atoms with E-state index in [0.29, 0.717) is 51.9 Å². The van der Waals surface area contributed by atoms with Gasteiger partial charge in [-0.3, -0.25) is 4.79 Å². The Morgan fingerprint density at radius 1 is 1.11 bits per heavy atom. The first-order valence-corrected chi connectivity index (χ1v) is 11.7. The fraction of sp³-hybridized carbons (Fsp3) is 0.276. The summed E-state index contributed by atoms with van der Waals surface area (Å²) in [4.78, 5) is 18.8. The van der Waals surface area contributed by atoms with Gasteiger partial charge in [-0.2, -0.15) is 5.26 Å². The van der Waals surface area contributed by atoms with Crippen LogP contribution in [-0.2, 0) is 12.0 Å². The first-order chi connectivity index (χ1) is 16.7. The number of phenolic OH excluding ortho intramolecular Hbond substituents is 1. The second-order valence-electron chi connectivity index (χ2n) is 10.0. The molecule has 1 aliphatic rings. The molecule has 5 rings (SSSR count). The van der Waals surface area contributed by atoms with E-state index in [2.05, 4.69) is 39.0 Å². The van der Waals surface area contributed by atoms with Crippen LogP contribution in [0.25, 0.3) is 22.2 Å². The summed E-state index contributed by atoms with van der Waals surface area (Å²) in [6, 6.07) is 17.4. The van der Waals surface area contributed by atoms with Crippen molar-refractivity contribution in [1.29, 1.82) is 5.26 Å². The van der Waals surface area contributed by atoms with Crippen LogP contribution in [0.5, 0.6) is 11.5 Å². The average Bonchev–Trinajstić information content (AvgIpc) is 3.22. The molecule has 2 aromatic carbocycles. The van der Waals surface area contributed by atoms with Crippen molar-refractivity contribution in [2.75, 3.05) is 7.11 Å². The molecule has 2 aromatic heterocycles. The molecule has 0 saturated heterocycles. The van der Waals surface area contributed by atoms with Crippen molar-refractivity contribution in [2.24, 2.45) is 0 Å². The van der Waals surface area contributed by atoms with E-state index in [1.54, 1.807) is 18.2 Å². The fourth-order valence-corrected chi connectivity index (χ4v) is 5.06. The van der Waals surface area contributed by atoms with Crippen LogP contribution in [0, 0.1) is 11.3 Å². The van der Waals surface area contributed by atoms with Crippen molar-refractivity contribution < 1.29 is 14.6 Å². The van der Waals surface area contributed by atoms with Gasteiger partial charge < -0.3 is 14.4 Å². The number of methoxy groups -OCH3 is 1. The van der Waals surface area contributed by atoms with Crippen LogP contribution in [0.15, 0.2) is 54.7 Å². The number of hydrogen-bond acceptors (Lipinski definition) is 5. The van der Waals surface area contributed by atoms with E-state index in [-0.39, 0.29) is 23.0 Å².